The monoisotopic (exact) mass is 306 g/mol. The molecular formula is C20H22N2O. The van der Waals surface area contributed by atoms with Gasteiger partial charge in [0.05, 0.1) is 6.10 Å². The first-order chi connectivity index (χ1) is 11.3. The van der Waals surface area contributed by atoms with Crippen molar-refractivity contribution in [1.29, 1.82) is 0 Å². The highest BCUT2D eigenvalue weighted by molar-refractivity contribution is 5.80. The van der Waals surface area contributed by atoms with Gasteiger partial charge in [-0.15, -0.1) is 0 Å². The van der Waals surface area contributed by atoms with Crippen LogP contribution in [0.2, 0.25) is 0 Å². The molecule has 1 saturated heterocycles. The number of benzene rings is 2. The third-order valence-corrected chi connectivity index (χ3v) is 5.18. The van der Waals surface area contributed by atoms with Gasteiger partial charge in [-0.2, -0.15) is 0 Å². The van der Waals surface area contributed by atoms with Crippen LogP contribution in [-0.2, 0) is 5.41 Å². The van der Waals surface area contributed by atoms with E-state index in [1.807, 2.05) is 36.5 Å². The summed E-state index contributed by atoms with van der Waals surface area (Å²) in [5.74, 6) is 0. The Bertz CT molecular complexity index is 788. The topological polar surface area (TPSA) is 48.0 Å². The molecule has 2 heterocycles. The van der Waals surface area contributed by atoms with Crippen molar-refractivity contribution in [2.24, 2.45) is 0 Å². The van der Waals surface area contributed by atoms with Crippen molar-refractivity contribution in [3.63, 3.8) is 0 Å². The van der Waals surface area contributed by atoms with Crippen molar-refractivity contribution >= 4 is 10.9 Å². The lowest BCUT2D eigenvalue weighted by Gasteiger charge is -2.31. The van der Waals surface area contributed by atoms with E-state index in [4.69, 9.17) is 0 Å². The molecule has 1 unspecified atom stereocenters. The van der Waals surface area contributed by atoms with Gasteiger partial charge >= 0.3 is 0 Å². The average Bonchev–Trinajstić information content (AvgIpc) is 3.24. The van der Waals surface area contributed by atoms with Crippen LogP contribution in [0, 0.1) is 0 Å². The number of aromatic nitrogens is 1. The van der Waals surface area contributed by atoms with E-state index in [9.17, 15) is 5.11 Å². The molecule has 2 atom stereocenters. The van der Waals surface area contributed by atoms with Crippen LogP contribution in [0.4, 0.5) is 0 Å². The Morgan fingerprint density at radius 2 is 1.96 bits per heavy atom. The molecule has 4 rings (SSSR count). The van der Waals surface area contributed by atoms with Crippen molar-refractivity contribution in [3.8, 4) is 0 Å². The Morgan fingerprint density at radius 1 is 1.09 bits per heavy atom. The summed E-state index contributed by atoms with van der Waals surface area (Å²) < 4.78 is 0. The average molecular weight is 306 g/mol. The number of aliphatic hydroxyl groups is 1. The molecule has 3 nitrogen and oxygen atoms in total. The minimum atomic E-state index is -0.432. The Kier molecular flexibility index (Phi) is 3.68. The molecule has 1 aliphatic rings. The highest BCUT2D eigenvalue weighted by Crippen LogP contribution is 2.40. The largest absolute Gasteiger partial charge is 0.388 e. The van der Waals surface area contributed by atoms with Gasteiger partial charge in [0.2, 0.25) is 0 Å². The quantitative estimate of drug-likeness (QED) is 0.690. The lowest BCUT2D eigenvalue weighted by Crippen LogP contribution is -2.31. The minimum Gasteiger partial charge on any atom is -0.388 e. The van der Waals surface area contributed by atoms with Crippen LogP contribution in [-0.4, -0.2) is 23.2 Å². The third-order valence-electron chi connectivity index (χ3n) is 5.18. The highest BCUT2D eigenvalue weighted by Gasteiger charge is 2.37. The normalized spacial score (nSPS) is 22.5. The van der Waals surface area contributed by atoms with E-state index in [-0.39, 0.29) is 5.41 Å². The van der Waals surface area contributed by atoms with Gasteiger partial charge in [-0.05, 0) is 54.1 Å². The number of fused-ring (bicyclic) bond motifs is 1. The second-order valence-electron chi connectivity index (χ2n) is 6.62. The fraction of sp³-hybridized carbons (Fsp3) is 0.300. The van der Waals surface area contributed by atoms with Crippen molar-refractivity contribution in [1.82, 2.24) is 10.3 Å². The number of hydrogen-bond donors (Lipinski definition) is 3. The standard InChI is InChI=1S/C20H22N2O/c23-19(15-4-2-1-3-5-15)13-20(9-11-21-14-20)17-6-7-18-16(12-17)8-10-22-18/h1-8,10,12,19,21-23H,9,11,13-14H2/t19-,20?/m0/s1. The fourth-order valence-corrected chi connectivity index (χ4v) is 3.83. The summed E-state index contributed by atoms with van der Waals surface area (Å²) in [5.41, 5.74) is 3.49. The van der Waals surface area contributed by atoms with Crippen LogP contribution in [0.3, 0.4) is 0 Å². The molecule has 0 amide bonds. The Balaban J connectivity index is 1.68. The third kappa shape index (κ3) is 2.67. The van der Waals surface area contributed by atoms with E-state index in [1.54, 1.807) is 0 Å². The van der Waals surface area contributed by atoms with Gasteiger partial charge in [-0.25, -0.2) is 0 Å². The summed E-state index contributed by atoms with van der Waals surface area (Å²) in [6.07, 6.45) is 3.36. The number of rotatable bonds is 4. The Hall–Kier alpha value is -2.10. The molecule has 2 aromatic carbocycles. The van der Waals surface area contributed by atoms with E-state index in [0.717, 1.165) is 31.5 Å². The maximum absolute atomic E-state index is 10.7. The molecule has 1 aliphatic heterocycles. The smallest absolute Gasteiger partial charge is 0.0799 e. The SMILES string of the molecule is O[C@@H](CC1(c2ccc3[nH]ccc3c2)CCNC1)c1ccccc1. The van der Waals surface area contributed by atoms with Gasteiger partial charge in [-0.3, -0.25) is 0 Å². The number of aromatic amines is 1. The first kappa shape index (κ1) is 14.5. The maximum Gasteiger partial charge on any atom is 0.0799 e. The minimum absolute atomic E-state index is 0.000712. The first-order valence-electron chi connectivity index (χ1n) is 8.28. The van der Waals surface area contributed by atoms with Crippen LogP contribution in [0.1, 0.15) is 30.1 Å². The molecule has 0 radical (unpaired) electrons. The summed E-state index contributed by atoms with van der Waals surface area (Å²) in [6.45, 7) is 1.93. The van der Waals surface area contributed by atoms with Crippen LogP contribution in [0.5, 0.6) is 0 Å². The Labute approximate surface area is 136 Å². The summed E-state index contributed by atoms with van der Waals surface area (Å²) in [6, 6.07) is 18.7. The Morgan fingerprint density at radius 3 is 2.74 bits per heavy atom. The molecule has 0 spiro atoms. The predicted octanol–water partition coefficient (Wildman–Crippen LogP) is 3.52. The number of aliphatic hydroxyl groups excluding tert-OH is 1. The summed E-state index contributed by atoms with van der Waals surface area (Å²) in [7, 11) is 0. The van der Waals surface area contributed by atoms with Crippen molar-refractivity contribution in [2.45, 2.75) is 24.4 Å². The number of hydrogen-bond acceptors (Lipinski definition) is 2. The molecule has 0 bridgehead atoms. The molecule has 3 heteroatoms. The van der Waals surface area contributed by atoms with Crippen LogP contribution in [0.15, 0.2) is 60.8 Å². The zero-order valence-corrected chi connectivity index (χ0v) is 13.1. The number of nitrogens with one attached hydrogen (secondary N) is 2. The molecule has 3 N–H and O–H groups in total. The van der Waals surface area contributed by atoms with Crippen molar-refractivity contribution in [3.05, 3.63) is 71.9 Å². The van der Waals surface area contributed by atoms with E-state index >= 15 is 0 Å². The second-order valence-corrected chi connectivity index (χ2v) is 6.62. The predicted molar refractivity (Wildman–Crippen MR) is 93.5 cm³/mol. The summed E-state index contributed by atoms with van der Waals surface area (Å²) in [5, 5.41) is 15.5. The van der Waals surface area contributed by atoms with Gasteiger partial charge in [0.1, 0.15) is 0 Å². The fourth-order valence-electron chi connectivity index (χ4n) is 3.83. The lowest BCUT2D eigenvalue weighted by atomic mass is 9.74. The molecular weight excluding hydrogens is 284 g/mol. The first-order valence-corrected chi connectivity index (χ1v) is 8.28. The molecule has 3 aromatic rings. The molecule has 0 saturated carbocycles. The van der Waals surface area contributed by atoms with Crippen LogP contribution in [0.25, 0.3) is 10.9 Å². The summed E-state index contributed by atoms with van der Waals surface area (Å²) >= 11 is 0. The summed E-state index contributed by atoms with van der Waals surface area (Å²) in [4.78, 5) is 3.25. The van der Waals surface area contributed by atoms with Gasteiger partial charge < -0.3 is 15.4 Å². The van der Waals surface area contributed by atoms with Gasteiger partial charge in [0.25, 0.3) is 0 Å². The maximum atomic E-state index is 10.7. The zero-order valence-electron chi connectivity index (χ0n) is 13.1. The van der Waals surface area contributed by atoms with E-state index in [2.05, 4.69) is 34.6 Å². The lowest BCUT2D eigenvalue weighted by molar-refractivity contribution is 0.135. The van der Waals surface area contributed by atoms with E-state index < -0.39 is 6.10 Å². The highest BCUT2D eigenvalue weighted by atomic mass is 16.3. The molecule has 0 aliphatic carbocycles. The van der Waals surface area contributed by atoms with Gasteiger partial charge in [-0.1, -0.05) is 36.4 Å². The van der Waals surface area contributed by atoms with Gasteiger partial charge in [0.15, 0.2) is 0 Å². The molecule has 118 valence electrons. The van der Waals surface area contributed by atoms with Crippen molar-refractivity contribution < 1.29 is 5.11 Å². The number of H-pyrrole nitrogens is 1. The zero-order chi connectivity index (χ0) is 15.7. The van der Waals surface area contributed by atoms with Crippen LogP contribution >= 0.6 is 0 Å². The van der Waals surface area contributed by atoms with E-state index in [1.165, 1.54) is 16.5 Å². The molecule has 1 fully saturated rings. The van der Waals surface area contributed by atoms with Crippen LogP contribution < -0.4 is 5.32 Å². The van der Waals surface area contributed by atoms with E-state index in [0.29, 0.717) is 0 Å². The second kappa shape index (κ2) is 5.84. The van der Waals surface area contributed by atoms with Gasteiger partial charge in [0, 0.05) is 23.7 Å². The molecule has 23 heavy (non-hydrogen) atoms. The molecule has 1 aromatic heterocycles. The van der Waals surface area contributed by atoms with Crippen molar-refractivity contribution in [2.75, 3.05) is 13.1 Å².